The van der Waals surface area contributed by atoms with Gasteiger partial charge in [0.25, 0.3) is 0 Å². The Morgan fingerprint density at radius 3 is 0.920 bits per heavy atom. The lowest BCUT2D eigenvalue weighted by molar-refractivity contribution is -0.121. The summed E-state index contributed by atoms with van der Waals surface area (Å²) < 4.78 is 113. The normalized spacial score (nSPS) is 13.3. The molecule has 8 aromatic rings. The monoisotopic (exact) mass is 1570 g/mol. The number of nitrogens with two attached hydrogens (primary N) is 1. The van der Waals surface area contributed by atoms with Crippen molar-refractivity contribution >= 4 is 34.6 Å². The highest BCUT2D eigenvalue weighted by molar-refractivity contribution is 5.74. The van der Waals surface area contributed by atoms with Crippen LogP contribution >= 0.6 is 0 Å². The zero-order chi connectivity index (χ0) is 83.6. The van der Waals surface area contributed by atoms with Gasteiger partial charge in [0.1, 0.15) is 52.1 Å². The number of amides is 3. The first-order valence-electron chi connectivity index (χ1n) is 37.2. The van der Waals surface area contributed by atoms with Crippen LogP contribution in [0.3, 0.4) is 0 Å². The van der Waals surface area contributed by atoms with Crippen molar-refractivity contribution in [1.29, 1.82) is 0 Å². The predicted molar refractivity (Wildman–Crippen MR) is 431 cm³/mol. The molecule has 16 nitrogen and oxygen atoms in total. The van der Waals surface area contributed by atoms with Crippen molar-refractivity contribution in [2.75, 3.05) is 26.2 Å². The molecular weight excluding hydrogens is 1460 g/mol. The van der Waals surface area contributed by atoms with Gasteiger partial charge in [0.05, 0.1) is 42.5 Å². The molecule has 24 heteroatoms. The van der Waals surface area contributed by atoms with Gasteiger partial charge in [-0.15, -0.1) is 0 Å². The van der Waals surface area contributed by atoms with E-state index < -0.39 is 107 Å². The third-order valence-electron chi connectivity index (χ3n) is 17.5. The van der Waals surface area contributed by atoms with Gasteiger partial charge in [0.2, 0.25) is 11.8 Å². The average Bonchev–Trinajstić information content (AvgIpc) is 0.869. The molecule has 0 aliphatic carbocycles. The van der Waals surface area contributed by atoms with Gasteiger partial charge in [0, 0.05) is 96.5 Å². The third-order valence-corrected chi connectivity index (χ3v) is 17.5. The maximum Gasteiger partial charge on any atom is 0.407 e. The van der Waals surface area contributed by atoms with Crippen LogP contribution < -0.4 is 43.0 Å². The molecule has 0 saturated carbocycles. The molecule has 0 radical (unpaired) electrons. The van der Waals surface area contributed by atoms with Gasteiger partial charge in [-0.1, -0.05) is 147 Å². The zero-order valence-corrected chi connectivity index (χ0v) is 66.0. The zero-order valence-electron chi connectivity index (χ0n) is 66.0. The van der Waals surface area contributed by atoms with Crippen molar-refractivity contribution in [1.82, 2.24) is 37.2 Å². The summed E-state index contributed by atoms with van der Waals surface area (Å²) in [5.41, 5.74) is 18.2. The van der Waals surface area contributed by atoms with E-state index in [1.54, 1.807) is 20.8 Å². The summed E-state index contributed by atoms with van der Waals surface area (Å²) in [4.78, 5) is 35.2. The SMILES string of the molecule is C=C(C)c1cccc(CNC[C@@H](O)[C@@H](N)Cc2cc(F)cc(F)c2)c1.C=C(C)c1cccc(CNC[C@@H](O)[C@H](Cc2cc(F)cc(F)c2)NC(=O)OC(C)(C)C)c1.C=C(C)c1cccc(CNC[C@@H](O)[C@H](Cc2cc(F)cc(F)c2)NC(C)=O)c1.CC(=O)N[C@@H](Cc1cc(F)cc(F)c1)[C@H](O)CNCc1cccc(C(C)C)c1. The van der Waals surface area contributed by atoms with Crippen LogP contribution in [0.25, 0.3) is 16.7 Å². The molecular formula is C89H110F8N8O8. The second kappa shape index (κ2) is 47.1. The minimum Gasteiger partial charge on any atom is -0.444 e. The van der Waals surface area contributed by atoms with Crippen molar-refractivity contribution < 1.29 is 74.7 Å². The first kappa shape index (κ1) is 93.9. The number of carbonyl (C=O) groups excluding carboxylic acids is 3. The molecule has 0 aromatic heterocycles. The van der Waals surface area contributed by atoms with Gasteiger partial charge in [0.15, 0.2) is 0 Å². The summed E-state index contributed by atoms with van der Waals surface area (Å²) in [6.07, 6.45) is -3.95. The highest BCUT2D eigenvalue weighted by Crippen LogP contribution is 2.22. The molecule has 0 aliphatic heterocycles. The first-order chi connectivity index (χ1) is 53.3. The fraction of sp³-hybridized carbons (Fsp3) is 0.360. The van der Waals surface area contributed by atoms with Crippen LogP contribution in [0.1, 0.15) is 142 Å². The standard InChI is InChI=1S/C25H32F2N2O3.C22H28F2N2O2.C22H26F2N2O2.C20H24F2N2O/c1-16(2)19-8-6-7-17(9-19)14-28-15-23(30)22(29-24(31)32-25(3,4)5)12-18-10-20(26)13-21(27)11-18;2*1-14(2)18-6-4-5-16(7-18)12-25-13-22(28)21(26-15(3)27)10-17-8-19(23)11-20(24)9-17;1-13(2)16-5-3-4-14(6-16)11-24-12-20(25)19(23)9-15-7-17(21)10-18(22)8-15/h6-11,13,22-23,28,30H,1,12,14-15H2,2-5H3,(H,29,31);4-9,11,14,21-22,25,28H,10,12-13H2,1-3H3,(H,26,27);4-9,11,21-22,25,28H,1,10,12-13H2,2-3H3,(H,26,27);3-8,10,19-20,24-25H,1,9,11-12,23H2,2H3/t22-,23+;2*21-,22+;19-,20+/m0000/s1. The molecule has 0 saturated heterocycles. The maximum atomic E-state index is 13.6. The molecule has 0 heterocycles. The van der Waals surface area contributed by atoms with Crippen molar-refractivity contribution in [3.05, 3.63) is 303 Å². The Morgan fingerprint density at radius 1 is 0.381 bits per heavy atom. The van der Waals surface area contributed by atoms with Crippen molar-refractivity contribution in [2.24, 2.45) is 5.73 Å². The van der Waals surface area contributed by atoms with Crippen LogP contribution in [-0.2, 0) is 66.2 Å². The topological polar surface area (TPSA) is 252 Å². The molecule has 3 amide bonds. The van der Waals surface area contributed by atoms with E-state index in [0.717, 1.165) is 79.9 Å². The molecule has 0 aliphatic rings. The molecule has 0 unspecified atom stereocenters. The molecule has 8 atom stereocenters. The van der Waals surface area contributed by atoms with E-state index in [1.165, 1.54) is 67.9 Å². The van der Waals surface area contributed by atoms with Gasteiger partial charge in [-0.05, 0) is 188 Å². The number of allylic oxidation sites excluding steroid dienone is 3. The number of aliphatic hydroxyl groups is 4. The fourth-order valence-electron chi connectivity index (χ4n) is 11.9. The van der Waals surface area contributed by atoms with Crippen LogP contribution in [0.4, 0.5) is 39.9 Å². The molecule has 8 aromatic carbocycles. The molecule has 610 valence electrons. The number of halogens is 8. The Bertz CT molecular complexity index is 4330. The Hall–Kier alpha value is -9.73. The Morgan fingerprint density at radius 2 is 0.646 bits per heavy atom. The summed E-state index contributed by atoms with van der Waals surface area (Å²) >= 11 is 0. The van der Waals surface area contributed by atoms with Crippen LogP contribution in [0, 0.1) is 46.5 Å². The third kappa shape index (κ3) is 36.7. The number of alkyl carbamates (subject to hydrolysis) is 1. The lowest BCUT2D eigenvalue weighted by Crippen LogP contribution is -2.49. The summed E-state index contributed by atoms with van der Waals surface area (Å²) in [5.74, 6) is -5.70. The van der Waals surface area contributed by atoms with E-state index in [2.05, 4.69) is 82.9 Å². The van der Waals surface area contributed by atoms with E-state index in [4.69, 9.17) is 10.5 Å². The van der Waals surface area contributed by atoms with Crippen molar-refractivity contribution in [3.8, 4) is 0 Å². The predicted octanol–water partition coefficient (Wildman–Crippen LogP) is 14.1. The molecule has 0 bridgehead atoms. The number of hydrogen-bond acceptors (Lipinski definition) is 13. The number of rotatable bonds is 35. The largest absolute Gasteiger partial charge is 0.444 e. The Labute approximate surface area is 659 Å². The van der Waals surface area contributed by atoms with Gasteiger partial charge < -0.3 is 68.1 Å². The number of hydrogen-bond donors (Lipinski definition) is 12. The maximum absolute atomic E-state index is 13.6. The van der Waals surface area contributed by atoms with E-state index >= 15 is 0 Å². The minimum atomic E-state index is -1.03. The van der Waals surface area contributed by atoms with Crippen molar-refractivity contribution in [2.45, 2.75) is 181 Å². The van der Waals surface area contributed by atoms with E-state index in [-0.39, 0.29) is 63.7 Å². The van der Waals surface area contributed by atoms with Crippen molar-refractivity contribution in [3.63, 3.8) is 0 Å². The Kier molecular flexibility index (Phi) is 39.1. The highest BCUT2D eigenvalue weighted by Gasteiger charge is 2.27. The fourth-order valence-corrected chi connectivity index (χ4v) is 11.9. The molecule has 113 heavy (non-hydrogen) atoms. The van der Waals surface area contributed by atoms with E-state index in [1.807, 2.05) is 106 Å². The Balaban J connectivity index is 0.000000270. The molecule has 13 N–H and O–H groups in total. The van der Waals surface area contributed by atoms with Crippen LogP contribution in [0.15, 0.2) is 190 Å². The van der Waals surface area contributed by atoms with Gasteiger partial charge in [-0.2, -0.15) is 0 Å². The number of nitrogens with one attached hydrogen (secondary N) is 7. The minimum absolute atomic E-state index is 0.0297. The summed E-state index contributed by atoms with van der Waals surface area (Å²) in [6, 6.07) is 42.0. The number of carbonyl (C=O) groups is 3. The van der Waals surface area contributed by atoms with Gasteiger partial charge in [-0.3, -0.25) is 9.59 Å². The summed E-state index contributed by atoms with van der Waals surface area (Å²) in [6.45, 7) is 32.7. The first-order valence-corrected chi connectivity index (χ1v) is 37.2. The average molecular weight is 1570 g/mol. The van der Waals surface area contributed by atoms with Crippen LogP contribution in [-0.4, -0.2) is 119 Å². The van der Waals surface area contributed by atoms with Crippen LogP contribution in [0.5, 0.6) is 0 Å². The van der Waals surface area contributed by atoms with Crippen LogP contribution in [0.2, 0.25) is 0 Å². The smallest absolute Gasteiger partial charge is 0.407 e. The number of ether oxygens (including phenoxy) is 1. The number of benzene rings is 8. The highest BCUT2D eigenvalue weighted by atomic mass is 19.2. The summed E-state index contributed by atoms with van der Waals surface area (Å²) in [7, 11) is 0. The molecule has 8 rings (SSSR count). The summed E-state index contributed by atoms with van der Waals surface area (Å²) in [5, 5.41) is 62.5. The molecule has 0 fully saturated rings. The molecule has 0 spiro atoms. The number of aliphatic hydroxyl groups excluding tert-OH is 4. The lowest BCUT2D eigenvalue weighted by Gasteiger charge is -2.27. The van der Waals surface area contributed by atoms with E-state index in [0.29, 0.717) is 54.4 Å². The second-order valence-electron chi connectivity index (χ2n) is 29.6. The van der Waals surface area contributed by atoms with Gasteiger partial charge in [-0.25, -0.2) is 39.9 Å². The van der Waals surface area contributed by atoms with E-state index in [9.17, 15) is 69.9 Å². The van der Waals surface area contributed by atoms with Gasteiger partial charge >= 0.3 is 6.09 Å². The second-order valence-corrected chi connectivity index (χ2v) is 29.6. The lowest BCUT2D eigenvalue weighted by atomic mass is 10.00. The quantitative estimate of drug-likeness (QED) is 0.0165.